The van der Waals surface area contributed by atoms with Crippen LogP contribution >= 0.6 is 0 Å². The van der Waals surface area contributed by atoms with Gasteiger partial charge in [-0.05, 0) is 18.9 Å². The Morgan fingerprint density at radius 1 is 0.957 bits per heavy atom. The van der Waals surface area contributed by atoms with Gasteiger partial charge in [0.1, 0.15) is 6.61 Å². The van der Waals surface area contributed by atoms with Crippen molar-refractivity contribution in [2.24, 2.45) is 0 Å². The molecule has 0 spiro atoms. The highest BCUT2D eigenvalue weighted by Crippen LogP contribution is 2.22. The summed E-state index contributed by atoms with van der Waals surface area (Å²) >= 11 is 0. The maximum Gasteiger partial charge on any atom is 0.573 e. The smallest absolute Gasteiger partial charge is 0.457 e. The van der Waals surface area contributed by atoms with Gasteiger partial charge in [0.15, 0.2) is 0 Å². The Kier molecular flexibility index (Phi) is 9.70. The molecule has 4 nitrogen and oxygen atoms in total. The molecular weight excluding hydrogens is 334 g/mol. The van der Waals surface area contributed by atoms with Crippen LogP contribution < -0.4 is 0 Å². The van der Waals surface area contributed by atoms with Crippen LogP contribution in [0.5, 0.6) is 0 Å². The second-order valence-corrected chi connectivity index (χ2v) is 4.40. The van der Waals surface area contributed by atoms with Gasteiger partial charge in [-0.25, -0.2) is 4.79 Å². The molecule has 0 amide bonds. The summed E-state index contributed by atoms with van der Waals surface area (Å²) in [6.45, 7) is 0.0756. The number of alkyl halides is 6. The first-order chi connectivity index (χ1) is 10.5. The molecule has 0 aliphatic heterocycles. The molecule has 0 saturated carbocycles. The van der Waals surface area contributed by atoms with E-state index in [0.717, 1.165) is 25.3 Å². The molecule has 0 aromatic carbocycles. The normalized spacial score (nSPS) is 13.1. The number of esters is 1. The maximum absolute atomic E-state index is 12.2. The van der Waals surface area contributed by atoms with Crippen molar-refractivity contribution in [2.45, 2.75) is 51.8 Å². The average molecular weight is 352 g/mol. The summed E-state index contributed by atoms with van der Waals surface area (Å²) in [6, 6.07) is 0. The van der Waals surface area contributed by atoms with Crippen molar-refractivity contribution in [2.75, 3.05) is 13.2 Å². The van der Waals surface area contributed by atoms with Crippen molar-refractivity contribution in [1.82, 2.24) is 0 Å². The first-order valence-electron chi connectivity index (χ1n) is 6.89. The highest BCUT2D eigenvalue weighted by atomic mass is 19.4. The summed E-state index contributed by atoms with van der Waals surface area (Å²) in [6.07, 6.45) is -5.82. The van der Waals surface area contributed by atoms with Gasteiger partial charge in [0, 0.05) is 0 Å². The fraction of sp³-hybridized carbons (Fsp3) is 0.769. The van der Waals surface area contributed by atoms with Crippen LogP contribution in [0.4, 0.5) is 26.3 Å². The molecule has 0 atom stereocenters. The van der Waals surface area contributed by atoms with Gasteiger partial charge in [-0.2, -0.15) is 0 Å². The van der Waals surface area contributed by atoms with Crippen molar-refractivity contribution >= 4 is 5.97 Å². The van der Waals surface area contributed by atoms with Crippen molar-refractivity contribution < 1.29 is 45.3 Å². The Morgan fingerprint density at radius 2 is 1.61 bits per heavy atom. The third kappa shape index (κ3) is 13.9. The van der Waals surface area contributed by atoms with Crippen LogP contribution in [0.15, 0.2) is 11.8 Å². The van der Waals surface area contributed by atoms with Crippen LogP contribution in [0.3, 0.4) is 0 Å². The van der Waals surface area contributed by atoms with Crippen molar-refractivity contribution in [3.63, 3.8) is 0 Å². The van der Waals surface area contributed by atoms with Crippen LogP contribution in [0.25, 0.3) is 0 Å². The lowest BCUT2D eigenvalue weighted by atomic mass is 10.1. The van der Waals surface area contributed by atoms with E-state index in [9.17, 15) is 31.1 Å². The standard InChI is InChI=1S/C13H18F6O4/c1-2-3-4-5-6-7-10(23-13(17,18)19)11(20)21-8-9-22-12(14,15)16/h7H,2-6,8-9H2,1H3/b10-7-. The lowest BCUT2D eigenvalue weighted by Gasteiger charge is -2.13. The van der Waals surface area contributed by atoms with E-state index in [4.69, 9.17) is 0 Å². The van der Waals surface area contributed by atoms with Crippen LogP contribution in [0, 0.1) is 0 Å². The second-order valence-electron chi connectivity index (χ2n) is 4.40. The molecule has 0 aromatic heterocycles. The van der Waals surface area contributed by atoms with E-state index in [1.54, 1.807) is 0 Å². The quantitative estimate of drug-likeness (QED) is 0.191. The second kappa shape index (κ2) is 10.3. The minimum atomic E-state index is -5.10. The summed E-state index contributed by atoms with van der Waals surface area (Å²) in [5, 5.41) is 0. The minimum Gasteiger partial charge on any atom is -0.457 e. The number of halogens is 6. The molecule has 136 valence electrons. The Hall–Kier alpha value is -1.45. The number of hydrogen-bond donors (Lipinski definition) is 0. The number of hydrogen-bond acceptors (Lipinski definition) is 4. The van der Waals surface area contributed by atoms with Crippen molar-refractivity contribution in [1.29, 1.82) is 0 Å². The number of ether oxygens (including phenoxy) is 3. The molecule has 0 unspecified atom stereocenters. The first-order valence-corrected chi connectivity index (χ1v) is 6.89. The van der Waals surface area contributed by atoms with Crippen molar-refractivity contribution in [3.05, 3.63) is 11.8 Å². The minimum absolute atomic E-state index is 0.152. The fourth-order valence-electron chi connectivity index (χ4n) is 1.46. The summed E-state index contributed by atoms with van der Waals surface area (Å²) in [5.41, 5.74) is 0. The number of allylic oxidation sites excluding steroid dienone is 1. The zero-order chi connectivity index (χ0) is 17.9. The number of rotatable bonds is 10. The molecule has 0 aliphatic rings. The molecule has 0 aliphatic carbocycles. The largest absolute Gasteiger partial charge is 0.573 e. The highest BCUT2D eigenvalue weighted by Gasteiger charge is 2.35. The predicted molar refractivity (Wildman–Crippen MR) is 66.9 cm³/mol. The van der Waals surface area contributed by atoms with Crippen LogP contribution in [0.2, 0.25) is 0 Å². The lowest BCUT2D eigenvalue weighted by Crippen LogP contribution is -2.22. The monoisotopic (exact) mass is 352 g/mol. The Bertz CT molecular complexity index is 376. The molecule has 10 heteroatoms. The fourth-order valence-corrected chi connectivity index (χ4v) is 1.46. The van der Waals surface area contributed by atoms with E-state index in [-0.39, 0.29) is 6.42 Å². The molecule has 0 heterocycles. The van der Waals surface area contributed by atoms with E-state index >= 15 is 0 Å². The Morgan fingerprint density at radius 3 is 2.13 bits per heavy atom. The highest BCUT2D eigenvalue weighted by molar-refractivity contribution is 5.86. The van der Waals surface area contributed by atoms with Gasteiger partial charge in [-0.3, -0.25) is 4.74 Å². The molecule has 0 saturated heterocycles. The SMILES string of the molecule is CCCCCC/C=C(\OC(F)(F)F)C(=O)OCCOC(F)(F)F. The van der Waals surface area contributed by atoms with E-state index in [1.807, 2.05) is 6.92 Å². The average Bonchev–Trinajstić information content (AvgIpc) is 2.39. The number of carbonyl (C=O) groups excluding carboxylic acids is 1. The molecule has 0 radical (unpaired) electrons. The van der Waals surface area contributed by atoms with Crippen LogP contribution in [-0.2, 0) is 19.0 Å². The summed E-state index contributed by atoms with van der Waals surface area (Å²) in [7, 11) is 0. The summed E-state index contributed by atoms with van der Waals surface area (Å²) in [4.78, 5) is 11.4. The van der Waals surface area contributed by atoms with Gasteiger partial charge in [-0.1, -0.05) is 26.2 Å². The molecule has 0 bridgehead atoms. The molecular formula is C13H18F6O4. The first kappa shape index (κ1) is 21.6. The summed E-state index contributed by atoms with van der Waals surface area (Å²) < 4.78 is 82.8. The number of unbranched alkanes of at least 4 members (excludes halogenated alkanes) is 4. The third-order valence-corrected chi connectivity index (χ3v) is 2.40. The predicted octanol–water partition coefficient (Wildman–Crippen LogP) is 4.46. The van der Waals surface area contributed by atoms with Gasteiger partial charge >= 0.3 is 18.7 Å². The van der Waals surface area contributed by atoms with Gasteiger partial charge in [-0.15, -0.1) is 26.3 Å². The zero-order valence-corrected chi connectivity index (χ0v) is 12.4. The molecule has 0 fully saturated rings. The van der Waals surface area contributed by atoms with Crippen LogP contribution in [0.1, 0.15) is 39.0 Å². The maximum atomic E-state index is 12.2. The molecule has 0 aromatic rings. The Labute approximate surface area is 129 Å². The molecule has 0 N–H and O–H groups in total. The van der Waals surface area contributed by atoms with Gasteiger partial charge < -0.3 is 9.47 Å². The van der Waals surface area contributed by atoms with Crippen LogP contribution in [-0.4, -0.2) is 31.9 Å². The van der Waals surface area contributed by atoms with E-state index in [2.05, 4.69) is 14.2 Å². The molecule has 23 heavy (non-hydrogen) atoms. The van der Waals surface area contributed by atoms with Gasteiger partial charge in [0.2, 0.25) is 5.76 Å². The third-order valence-electron chi connectivity index (χ3n) is 2.40. The number of carbonyl (C=O) groups is 1. The van der Waals surface area contributed by atoms with E-state index < -0.39 is 37.7 Å². The topological polar surface area (TPSA) is 44.8 Å². The zero-order valence-electron chi connectivity index (χ0n) is 12.4. The molecule has 0 rings (SSSR count). The Balaban J connectivity index is 4.42. The van der Waals surface area contributed by atoms with Crippen molar-refractivity contribution in [3.8, 4) is 0 Å². The summed E-state index contributed by atoms with van der Waals surface area (Å²) in [5.74, 6) is -2.59. The van der Waals surface area contributed by atoms with E-state index in [0.29, 0.717) is 6.42 Å². The lowest BCUT2D eigenvalue weighted by molar-refractivity contribution is -0.326. The van der Waals surface area contributed by atoms with E-state index in [1.165, 1.54) is 0 Å². The van der Waals surface area contributed by atoms with Gasteiger partial charge in [0.25, 0.3) is 0 Å². The van der Waals surface area contributed by atoms with Gasteiger partial charge in [0.05, 0.1) is 6.61 Å².